The molecule has 56 heavy (non-hydrogen) atoms. The summed E-state index contributed by atoms with van der Waals surface area (Å²) in [7, 11) is 0. The van der Waals surface area contributed by atoms with Crippen LogP contribution in [0, 0.1) is 0 Å². The quantitative estimate of drug-likeness (QED) is 0.170. The van der Waals surface area contributed by atoms with Gasteiger partial charge in [-0.15, -0.1) is 0 Å². The minimum absolute atomic E-state index is 0.595. The molecular formula is C50H30N4O2. The first-order valence-corrected chi connectivity index (χ1v) is 18.5. The number of pyridine rings is 1. The first-order valence-electron chi connectivity index (χ1n) is 18.5. The zero-order chi connectivity index (χ0) is 37.0. The molecule has 0 unspecified atom stereocenters. The highest BCUT2D eigenvalue weighted by atomic mass is 16.3. The van der Waals surface area contributed by atoms with Crippen LogP contribution in [0.3, 0.4) is 0 Å². The van der Waals surface area contributed by atoms with Crippen LogP contribution >= 0.6 is 0 Å². The summed E-state index contributed by atoms with van der Waals surface area (Å²) in [6.07, 6.45) is 3.65. The summed E-state index contributed by atoms with van der Waals surface area (Å²) in [5.41, 5.74) is 12.4. The number of aromatic nitrogens is 4. The standard InChI is InChI=1S/C50H30N4O2/c1-2-11-32(12-3-1)48-52-49(54-50(53-48)40-16-5-4-14-36(40)35-13-10-28-51-30-35)33-22-20-31(21-23-33)37-25-26-38(47-46(37)41-17-7-9-19-44(41)56-47)34-24-27-45-42(29-34)39-15-6-8-18-43(39)55-45/h1-30H. The fourth-order valence-electron chi connectivity index (χ4n) is 7.78. The summed E-state index contributed by atoms with van der Waals surface area (Å²) >= 11 is 0. The van der Waals surface area contributed by atoms with Crippen LogP contribution in [0.4, 0.5) is 0 Å². The SMILES string of the molecule is c1ccc(-c2nc(-c3ccc(-c4ccc(-c5ccc6oc7ccccc7c6c5)c5oc6ccccc6c45)cc3)nc(-c3ccccc3-c3cccnc3)n2)cc1. The molecule has 0 radical (unpaired) electrons. The van der Waals surface area contributed by atoms with E-state index in [-0.39, 0.29) is 0 Å². The van der Waals surface area contributed by atoms with Gasteiger partial charge < -0.3 is 8.83 Å². The first kappa shape index (κ1) is 31.8. The third-order valence-electron chi connectivity index (χ3n) is 10.5. The Labute approximate surface area is 321 Å². The number of hydrogen-bond acceptors (Lipinski definition) is 6. The number of hydrogen-bond donors (Lipinski definition) is 0. The molecule has 0 saturated heterocycles. The Hall–Kier alpha value is -7.70. The van der Waals surface area contributed by atoms with Crippen LogP contribution in [0.25, 0.3) is 111 Å². The van der Waals surface area contributed by atoms with Crippen LogP contribution in [-0.2, 0) is 0 Å². The van der Waals surface area contributed by atoms with E-state index in [1.807, 2.05) is 85.1 Å². The van der Waals surface area contributed by atoms with E-state index >= 15 is 0 Å². The Balaban J connectivity index is 1.04. The molecule has 11 rings (SSSR count). The van der Waals surface area contributed by atoms with E-state index in [1.54, 1.807) is 6.20 Å². The number of fused-ring (bicyclic) bond motifs is 6. The first-order chi connectivity index (χ1) is 27.7. The molecule has 0 spiro atoms. The second-order valence-electron chi connectivity index (χ2n) is 13.8. The second kappa shape index (κ2) is 13.0. The highest BCUT2D eigenvalue weighted by Crippen LogP contribution is 2.43. The van der Waals surface area contributed by atoms with Crippen LogP contribution in [0.1, 0.15) is 0 Å². The van der Waals surface area contributed by atoms with E-state index in [1.165, 1.54) is 0 Å². The lowest BCUT2D eigenvalue weighted by Gasteiger charge is -2.12. The largest absolute Gasteiger partial charge is 0.456 e. The number of benzene rings is 7. The number of nitrogens with zero attached hydrogens (tertiary/aromatic N) is 4. The molecule has 4 heterocycles. The average molecular weight is 719 g/mol. The van der Waals surface area contributed by atoms with Crippen molar-refractivity contribution >= 4 is 43.9 Å². The van der Waals surface area contributed by atoms with Crippen molar-refractivity contribution in [1.82, 2.24) is 19.9 Å². The van der Waals surface area contributed by atoms with Crippen molar-refractivity contribution in [3.63, 3.8) is 0 Å². The van der Waals surface area contributed by atoms with Gasteiger partial charge in [0.25, 0.3) is 0 Å². The lowest BCUT2D eigenvalue weighted by molar-refractivity contribution is 0.668. The van der Waals surface area contributed by atoms with E-state index in [9.17, 15) is 0 Å². The maximum Gasteiger partial charge on any atom is 0.164 e. The van der Waals surface area contributed by atoms with Gasteiger partial charge in [0.1, 0.15) is 22.3 Å². The summed E-state index contributed by atoms with van der Waals surface area (Å²) in [4.78, 5) is 19.5. The van der Waals surface area contributed by atoms with Crippen LogP contribution in [0.2, 0.25) is 0 Å². The van der Waals surface area contributed by atoms with Gasteiger partial charge in [-0.2, -0.15) is 0 Å². The molecule has 0 bridgehead atoms. The third kappa shape index (κ3) is 5.35. The Bertz CT molecular complexity index is 3240. The summed E-state index contributed by atoms with van der Waals surface area (Å²) in [6.45, 7) is 0. The van der Waals surface area contributed by atoms with Crippen molar-refractivity contribution in [1.29, 1.82) is 0 Å². The molecule has 7 aromatic carbocycles. The van der Waals surface area contributed by atoms with Gasteiger partial charge in [-0.05, 0) is 58.7 Å². The summed E-state index contributed by atoms with van der Waals surface area (Å²) in [5, 5.41) is 4.32. The molecule has 4 aromatic heterocycles. The van der Waals surface area contributed by atoms with Crippen LogP contribution in [-0.4, -0.2) is 19.9 Å². The Kier molecular flexibility index (Phi) is 7.38. The minimum Gasteiger partial charge on any atom is -0.456 e. The lowest BCUT2D eigenvalue weighted by Crippen LogP contribution is -2.01. The molecule has 0 aliphatic carbocycles. The average Bonchev–Trinajstić information content (AvgIpc) is 3.85. The maximum atomic E-state index is 6.67. The monoisotopic (exact) mass is 718 g/mol. The van der Waals surface area contributed by atoms with Crippen molar-refractivity contribution < 1.29 is 8.83 Å². The van der Waals surface area contributed by atoms with Gasteiger partial charge in [0, 0.05) is 61.8 Å². The molecule has 0 N–H and O–H groups in total. The van der Waals surface area contributed by atoms with Gasteiger partial charge in [0.05, 0.1) is 0 Å². The normalized spacial score (nSPS) is 11.6. The molecule has 11 aromatic rings. The highest BCUT2D eigenvalue weighted by Gasteiger charge is 2.20. The van der Waals surface area contributed by atoms with Gasteiger partial charge in [-0.1, -0.05) is 133 Å². The van der Waals surface area contributed by atoms with Crippen molar-refractivity contribution in [2.75, 3.05) is 0 Å². The van der Waals surface area contributed by atoms with Crippen molar-refractivity contribution in [2.24, 2.45) is 0 Å². The molecule has 0 fully saturated rings. The molecule has 0 aliphatic rings. The van der Waals surface area contributed by atoms with Gasteiger partial charge in [-0.25, -0.2) is 15.0 Å². The summed E-state index contributed by atoms with van der Waals surface area (Å²) in [6, 6.07) is 57.9. The van der Waals surface area contributed by atoms with Gasteiger partial charge in [0.2, 0.25) is 0 Å². The Morgan fingerprint density at radius 1 is 0.339 bits per heavy atom. The predicted octanol–water partition coefficient (Wildman–Crippen LogP) is 13.1. The second-order valence-corrected chi connectivity index (χ2v) is 13.8. The zero-order valence-corrected chi connectivity index (χ0v) is 29.9. The molecule has 262 valence electrons. The zero-order valence-electron chi connectivity index (χ0n) is 29.9. The lowest BCUT2D eigenvalue weighted by atomic mass is 9.93. The van der Waals surface area contributed by atoms with Crippen molar-refractivity contribution in [3.05, 3.63) is 182 Å². The van der Waals surface area contributed by atoms with Crippen LogP contribution in [0.5, 0.6) is 0 Å². The molecule has 0 aliphatic heterocycles. The van der Waals surface area contributed by atoms with Crippen molar-refractivity contribution in [3.8, 4) is 67.5 Å². The van der Waals surface area contributed by atoms with E-state index in [0.29, 0.717) is 17.5 Å². The molecule has 0 amide bonds. The summed E-state index contributed by atoms with van der Waals surface area (Å²) in [5.74, 6) is 1.80. The fourth-order valence-corrected chi connectivity index (χ4v) is 7.78. The van der Waals surface area contributed by atoms with E-state index < -0.39 is 0 Å². The van der Waals surface area contributed by atoms with E-state index in [4.69, 9.17) is 23.8 Å². The van der Waals surface area contributed by atoms with Crippen LogP contribution < -0.4 is 0 Å². The molecule has 6 heteroatoms. The number of rotatable bonds is 6. The van der Waals surface area contributed by atoms with Crippen LogP contribution in [0.15, 0.2) is 191 Å². The topological polar surface area (TPSA) is 77.8 Å². The maximum absolute atomic E-state index is 6.67. The van der Waals surface area contributed by atoms with Crippen molar-refractivity contribution in [2.45, 2.75) is 0 Å². The van der Waals surface area contributed by atoms with Gasteiger partial charge in [0.15, 0.2) is 17.5 Å². The Morgan fingerprint density at radius 3 is 1.71 bits per heavy atom. The fraction of sp³-hybridized carbons (Fsp3) is 0. The van der Waals surface area contributed by atoms with E-state index in [2.05, 4.69) is 96.0 Å². The number of furan rings is 2. The van der Waals surface area contributed by atoms with E-state index in [0.717, 1.165) is 93.9 Å². The molecule has 6 nitrogen and oxygen atoms in total. The molecule has 0 atom stereocenters. The third-order valence-corrected chi connectivity index (χ3v) is 10.5. The minimum atomic E-state index is 0.595. The smallest absolute Gasteiger partial charge is 0.164 e. The Morgan fingerprint density at radius 2 is 0.929 bits per heavy atom. The highest BCUT2D eigenvalue weighted by molar-refractivity contribution is 6.17. The van der Waals surface area contributed by atoms with Gasteiger partial charge >= 0.3 is 0 Å². The predicted molar refractivity (Wildman–Crippen MR) is 225 cm³/mol. The number of para-hydroxylation sites is 2. The summed E-state index contributed by atoms with van der Waals surface area (Å²) < 4.78 is 12.8. The molecule has 0 saturated carbocycles. The van der Waals surface area contributed by atoms with Gasteiger partial charge in [-0.3, -0.25) is 4.98 Å². The molecular weight excluding hydrogens is 689 g/mol.